The van der Waals surface area contributed by atoms with Gasteiger partial charge in [-0.2, -0.15) is 9.15 Å². The van der Waals surface area contributed by atoms with Gasteiger partial charge in [0.2, 0.25) is 11.4 Å². The zero-order valence-corrected chi connectivity index (χ0v) is 51.7. The molecule has 1 aliphatic carbocycles. The highest BCUT2D eigenvalue weighted by Crippen LogP contribution is 2.55. The van der Waals surface area contributed by atoms with Crippen molar-refractivity contribution in [3.63, 3.8) is 0 Å². The summed E-state index contributed by atoms with van der Waals surface area (Å²) in [7, 11) is 1.75. The Balaban J connectivity index is 0.000000177. The summed E-state index contributed by atoms with van der Waals surface area (Å²) in [4.78, 5) is 5.09. The summed E-state index contributed by atoms with van der Waals surface area (Å²) in [5.41, 5.74) is 20.8. The van der Waals surface area contributed by atoms with Crippen molar-refractivity contribution in [2.45, 2.75) is 141 Å². The highest BCUT2D eigenvalue weighted by atomic mass is 127. The van der Waals surface area contributed by atoms with Crippen LogP contribution in [0.3, 0.4) is 0 Å². The predicted molar refractivity (Wildman–Crippen MR) is 318 cm³/mol. The topological polar surface area (TPSA) is 49.4 Å². The average Bonchev–Trinajstić information content (AvgIpc) is 4.36. The molecule has 80 heavy (non-hydrogen) atoms. The summed E-state index contributed by atoms with van der Waals surface area (Å²) < 4.78 is 28.8. The van der Waals surface area contributed by atoms with Gasteiger partial charge in [-0.25, -0.2) is 0 Å². The monoisotopic (exact) mass is 1200 g/mol. The van der Waals surface area contributed by atoms with Gasteiger partial charge < -0.3 is 65.1 Å². The molecule has 8 heterocycles. The van der Waals surface area contributed by atoms with Crippen LogP contribution in [0.15, 0.2) is 180 Å². The molecule has 8 aliphatic heterocycles. The third kappa shape index (κ3) is 10.0. The second-order valence-electron chi connectivity index (χ2n) is 25.0. The molecule has 13 rings (SSSR count). The van der Waals surface area contributed by atoms with Crippen LogP contribution in [-0.2, 0) is 40.6 Å². The van der Waals surface area contributed by atoms with Crippen LogP contribution in [0.25, 0.3) is 0 Å². The SMILES string of the molecule is CC1(C)C2=C3C=C4C=C5C6=[N+](CC[C@H]5O[C@H]4C[C@H]3CCN2c2ccccc21)c1ccccc1C6(C)C.COC(C)/C=C/CCN1/C(=C/C=C/C=C/C2=[N+](CCC3OCCO3)c3ccccc3C2(C)C)C(C)(C)c2ccccc21.[Cl-].[I-]. The molecular weight excluding hydrogens is 1120 g/mol. The summed E-state index contributed by atoms with van der Waals surface area (Å²) in [5, 5.41) is 0. The molecule has 4 aromatic rings. The van der Waals surface area contributed by atoms with Gasteiger partial charge >= 0.3 is 0 Å². The second-order valence-corrected chi connectivity index (χ2v) is 25.0. The van der Waals surface area contributed by atoms with Gasteiger partial charge in [-0.3, -0.25) is 0 Å². The van der Waals surface area contributed by atoms with Crippen molar-refractivity contribution in [1.82, 2.24) is 0 Å². The summed E-state index contributed by atoms with van der Waals surface area (Å²) in [6.45, 7) is 26.3. The lowest BCUT2D eigenvalue weighted by molar-refractivity contribution is -0.445. The van der Waals surface area contributed by atoms with E-state index in [9.17, 15) is 0 Å². The van der Waals surface area contributed by atoms with E-state index >= 15 is 0 Å². The number of benzene rings is 4. The molecule has 0 bridgehead atoms. The molecule has 0 radical (unpaired) electrons. The lowest BCUT2D eigenvalue weighted by Gasteiger charge is -2.44. The Kier molecular flexibility index (Phi) is 16.6. The molecule has 0 aromatic heterocycles. The van der Waals surface area contributed by atoms with Crippen LogP contribution in [0.4, 0.5) is 22.7 Å². The first-order valence-electron chi connectivity index (χ1n) is 29.2. The maximum Gasteiger partial charge on any atom is 0.209 e. The van der Waals surface area contributed by atoms with E-state index in [0.717, 1.165) is 51.9 Å². The van der Waals surface area contributed by atoms with Crippen molar-refractivity contribution in [3.8, 4) is 0 Å². The summed E-state index contributed by atoms with van der Waals surface area (Å²) >= 11 is 0. The second kappa shape index (κ2) is 22.9. The maximum absolute atomic E-state index is 6.95. The molecule has 1 fully saturated rings. The van der Waals surface area contributed by atoms with Crippen LogP contribution in [0.2, 0.25) is 0 Å². The van der Waals surface area contributed by atoms with E-state index in [2.05, 4.69) is 233 Å². The van der Waals surface area contributed by atoms with E-state index in [1.807, 2.05) is 0 Å². The van der Waals surface area contributed by atoms with Gasteiger partial charge in [0.05, 0.1) is 48.8 Å². The Bertz CT molecular complexity index is 3330. The van der Waals surface area contributed by atoms with Gasteiger partial charge in [0.25, 0.3) is 0 Å². The van der Waals surface area contributed by atoms with E-state index in [1.54, 1.807) is 12.7 Å². The number of halogens is 2. The highest BCUT2D eigenvalue weighted by molar-refractivity contribution is 6.08. The molecule has 1 saturated heterocycles. The Hall–Kier alpha value is -5.14. The zero-order chi connectivity index (χ0) is 54.1. The van der Waals surface area contributed by atoms with Crippen molar-refractivity contribution in [2.24, 2.45) is 5.92 Å². The molecule has 1 unspecified atom stereocenters. The minimum Gasteiger partial charge on any atom is -1.00 e. The fourth-order valence-electron chi connectivity index (χ4n) is 14.9. The zero-order valence-electron chi connectivity index (χ0n) is 48.8. The molecule has 0 N–H and O–H groups in total. The standard InChI is InChI=1S/C37H47N2O3.C33H35N2O.ClH.HI/c1-28(40-6)16-14-15-24-38-31-19-12-10-17-29(31)36(2,3)33(38)21-8-7-9-22-34-37(4,5)30-18-11-13-20-32(30)39(34)25-23-35-41-26-27-42-35;1-32(2)24-9-5-7-11-26(24)34-15-13-20-19-29-21(17-22(20)30(32)34)18-23-28(36-29)14-16-35-27-12-8-6-10-25(27)33(3,4)31(23)35;;/h7-14,16-22,28,35H,15,23-27H2,1-6H3;5-12,17-18,20,28-29H,13-16,19H2,1-4H3;2*1H/q2*+1;;/p-2/b16-14+;;;/t;20-,28-,29+;;/m.1../s1. The van der Waals surface area contributed by atoms with E-state index in [0.29, 0.717) is 19.1 Å². The minimum absolute atomic E-state index is 0. The fourth-order valence-corrected chi connectivity index (χ4v) is 14.9. The van der Waals surface area contributed by atoms with E-state index in [4.69, 9.17) is 18.9 Å². The van der Waals surface area contributed by atoms with Gasteiger partial charge in [0.1, 0.15) is 0 Å². The average molecular weight is 1210 g/mol. The molecule has 0 saturated carbocycles. The largest absolute Gasteiger partial charge is 1.00 e. The first-order valence-corrected chi connectivity index (χ1v) is 29.2. The predicted octanol–water partition coefficient (Wildman–Crippen LogP) is 8.17. The van der Waals surface area contributed by atoms with E-state index in [1.165, 1.54) is 85.4 Å². The van der Waals surface area contributed by atoms with Crippen LogP contribution in [0.1, 0.15) is 117 Å². The molecule has 0 spiro atoms. The molecule has 10 heteroatoms. The minimum atomic E-state index is -0.113. The van der Waals surface area contributed by atoms with E-state index in [-0.39, 0.29) is 82.6 Å². The molecule has 0 amide bonds. The fraction of sp³-hybridized carbons (Fsp3) is 0.429. The number of anilines is 2. The Morgan fingerprint density at radius 1 is 0.713 bits per heavy atom. The van der Waals surface area contributed by atoms with E-state index < -0.39 is 0 Å². The number of hydrogen-bond donors (Lipinski definition) is 0. The van der Waals surface area contributed by atoms with Gasteiger partial charge in [0, 0.05) is 95.1 Å². The van der Waals surface area contributed by atoms with Crippen molar-refractivity contribution in [2.75, 3.05) is 56.3 Å². The highest BCUT2D eigenvalue weighted by Gasteiger charge is 2.54. The number of fused-ring (bicyclic) bond motifs is 11. The summed E-state index contributed by atoms with van der Waals surface area (Å²) in [6, 6.07) is 35.6. The van der Waals surface area contributed by atoms with Crippen LogP contribution in [-0.4, -0.2) is 91.7 Å². The van der Waals surface area contributed by atoms with Gasteiger partial charge in [-0.15, -0.1) is 0 Å². The Morgan fingerprint density at radius 2 is 1.36 bits per heavy atom. The summed E-state index contributed by atoms with van der Waals surface area (Å²) in [5.74, 6) is 0.591. The number of nitrogens with zero attached hydrogens (tertiary/aromatic N) is 4. The third-order valence-electron chi connectivity index (χ3n) is 18.9. The lowest BCUT2D eigenvalue weighted by atomic mass is 9.71. The van der Waals surface area contributed by atoms with Gasteiger partial charge in [-0.05, 0) is 106 Å². The van der Waals surface area contributed by atoms with Crippen molar-refractivity contribution >= 4 is 34.2 Å². The smallest absolute Gasteiger partial charge is 0.209 e. The lowest BCUT2D eigenvalue weighted by Crippen LogP contribution is -3.00. The molecular formula is C70H82ClIN4O4. The first kappa shape index (κ1) is 58.1. The van der Waals surface area contributed by atoms with Crippen molar-refractivity contribution in [3.05, 3.63) is 202 Å². The number of ether oxygens (including phenoxy) is 4. The van der Waals surface area contributed by atoms with Gasteiger partial charge in [0.15, 0.2) is 30.8 Å². The number of para-hydroxylation sites is 4. The quantitative estimate of drug-likeness (QED) is 0.0655. The number of methoxy groups -OCH3 is 1. The molecule has 4 atom stereocenters. The Labute approximate surface area is 500 Å². The number of hydrogen-bond acceptors (Lipinski definition) is 6. The summed E-state index contributed by atoms with van der Waals surface area (Å²) in [6.07, 6.45) is 26.2. The van der Waals surface area contributed by atoms with Gasteiger partial charge in [-0.1, -0.05) is 137 Å². The number of allylic oxidation sites excluding steroid dienone is 9. The Morgan fingerprint density at radius 3 is 2.09 bits per heavy atom. The molecule has 9 aliphatic rings. The van der Waals surface area contributed by atoms with Crippen molar-refractivity contribution in [1.29, 1.82) is 0 Å². The first-order chi connectivity index (χ1) is 37.6. The van der Waals surface area contributed by atoms with Crippen LogP contribution >= 0.6 is 0 Å². The van der Waals surface area contributed by atoms with Crippen molar-refractivity contribution < 1.29 is 64.5 Å². The van der Waals surface area contributed by atoms with Crippen LogP contribution in [0, 0.1) is 5.92 Å². The van der Waals surface area contributed by atoms with Crippen LogP contribution in [0.5, 0.6) is 0 Å². The molecule has 8 nitrogen and oxygen atoms in total. The third-order valence-corrected chi connectivity index (χ3v) is 18.9. The maximum atomic E-state index is 6.95. The van der Waals surface area contributed by atoms with Crippen LogP contribution < -0.4 is 46.2 Å². The molecule has 420 valence electrons. The normalized spacial score (nSPS) is 24.9. The molecule has 4 aromatic carbocycles. The number of rotatable bonds is 11.